The third-order valence-electron chi connectivity index (χ3n) is 2.87. The van der Waals surface area contributed by atoms with Gasteiger partial charge < -0.3 is 10.1 Å². The number of nitrogens with one attached hydrogen (secondary N) is 1. The third-order valence-corrected chi connectivity index (χ3v) is 3.96. The molecule has 1 aliphatic heterocycles. The lowest BCUT2D eigenvalue weighted by atomic mass is 10.2. The molecule has 22 heavy (non-hydrogen) atoms. The molecule has 6 heteroatoms. The summed E-state index contributed by atoms with van der Waals surface area (Å²) in [5.41, 5.74) is 0.921. The highest BCUT2D eigenvalue weighted by molar-refractivity contribution is 8.15. The minimum absolute atomic E-state index is 0.0451. The Morgan fingerprint density at radius 3 is 2.86 bits per heavy atom. The number of allylic oxidation sites excluding steroid dienone is 1. The van der Waals surface area contributed by atoms with Crippen molar-refractivity contribution in [1.29, 1.82) is 0 Å². The summed E-state index contributed by atoms with van der Waals surface area (Å²) in [5.74, 6) is 0.799. The molecule has 0 bridgehead atoms. The van der Waals surface area contributed by atoms with Crippen molar-refractivity contribution in [2.24, 2.45) is 10.2 Å². The quantitative estimate of drug-likeness (QED) is 0.478. The molecule has 0 aromatic heterocycles. The molecule has 5 nitrogen and oxygen atoms in total. The Labute approximate surface area is 134 Å². The molecule has 1 unspecified atom stereocenters. The molecule has 116 valence electrons. The Balaban J connectivity index is 1.90. The lowest BCUT2D eigenvalue weighted by Gasteiger charge is -2.03. The lowest BCUT2D eigenvalue weighted by Crippen LogP contribution is -2.24. The highest BCUT2D eigenvalue weighted by Gasteiger charge is 2.28. The monoisotopic (exact) mass is 317 g/mol. The standard InChI is InChI=1S/C16H19N3O2S/c1-3-5-14-15(20)18-16(22-14)19-17-11-12-6-8-13(9-7-12)21-10-4-2/h3,6-9,11,14H,1,4-5,10H2,2H3,(H,18,19,20)/b17-11+. The second kappa shape index (κ2) is 8.38. The van der Waals surface area contributed by atoms with Crippen LogP contribution in [0.3, 0.4) is 0 Å². The molecule has 0 spiro atoms. The van der Waals surface area contributed by atoms with Gasteiger partial charge in [0.25, 0.3) is 0 Å². The number of ether oxygens (including phenoxy) is 1. The van der Waals surface area contributed by atoms with Gasteiger partial charge in [-0.15, -0.1) is 11.7 Å². The van der Waals surface area contributed by atoms with Crippen LogP contribution in [0.4, 0.5) is 0 Å². The second-order valence-electron chi connectivity index (χ2n) is 4.69. The summed E-state index contributed by atoms with van der Waals surface area (Å²) in [6, 6.07) is 7.62. The number of nitrogens with zero attached hydrogens (tertiary/aromatic N) is 2. The first-order valence-corrected chi connectivity index (χ1v) is 8.03. The molecule has 1 aromatic carbocycles. The number of thioether (sulfide) groups is 1. The van der Waals surface area contributed by atoms with Crippen LogP contribution in [0.15, 0.2) is 47.1 Å². The van der Waals surface area contributed by atoms with E-state index in [1.807, 2.05) is 24.3 Å². The van der Waals surface area contributed by atoms with Crippen molar-refractivity contribution in [1.82, 2.24) is 5.32 Å². The summed E-state index contributed by atoms with van der Waals surface area (Å²) >= 11 is 1.37. The molecular formula is C16H19N3O2S. The molecular weight excluding hydrogens is 298 g/mol. The molecule has 0 saturated carbocycles. The summed E-state index contributed by atoms with van der Waals surface area (Å²) in [5, 5.41) is 11.1. The zero-order valence-corrected chi connectivity index (χ0v) is 13.3. The van der Waals surface area contributed by atoms with Gasteiger partial charge in [-0.2, -0.15) is 5.10 Å². The Hall–Kier alpha value is -2.08. The molecule has 1 atom stereocenters. The summed E-state index contributed by atoms with van der Waals surface area (Å²) in [7, 11) is 0. The number of carbonyl (C=O) groups excluding carboxylic acids is 1. The van der Waals surface area contributed by atoms with Gasteiger partial charge in [-0.1, -0.05) is 24.8 Å². The fourth-order valence-corrected chi connectivity index (χ4v) is 2.70. The van der Waals surface area contributed by atoms with Gasteiger partial charge in [0.1, 0.15) is 5.75 Å². The van der Waals surface area contributed by atoms with Crippen molar-refractivity contribution in [2.75, 3.05) is 6.61 Å². The van der Waals surface area contributed by atoms with Crippen LogP contribution in [0.25, 0.3) is 0 Å². The van der Waals surface area contributed by atoms with Crippen molar-refractivity contribution in [3.63, 3.8) is 0 Å². The summed E-state index contributed by atoms with van der Waals surface area (Å²) in [6.07, 6.45) is 4.98. The number of amidine groups is 1. The third kappa shape index (κ3) is 4.73. The van der Waals surface area contributed by atoms with E-state index < -0.39 is 0 Å². The smallest absolute Gasteiger partial charge is 0.239 e. The topological polar surface area (TPSA) is 63.1 Å². The van der Waals surface area contributed by atoms with E-state index in [0.29, 0.717) is 18.2 Å². The first kappa shape index (κ1) is 16.3. The van der Waals surface area contributed by atoms with Crippen molar-refractivity contribution in [2.45, 2.75) is 25.0 Å². The fraction of sp³-hybridized carbons (Fsp3) is 0.312. The van der Waals surface area contributed by atoms with Crippen LogP contribution in [0.1, 0.15) is 25.3 Å². The summed E-state index contributed by atoms with van der Waals surface area (Å²) < 4.78 is 5.51. The minimum atomic E-state index is -0.151. The zero-order valence-electron chi connectivity index (χ0n) is 12.5. The number of hydrogen-bond donors (Lipinski definition) is 1. The Morgan fingerprint density at radius 1 is 1.41 bits per heavy atom. The molecule has 1 N–H and O–H groups in total. The van der Waals surface area contributed by atoms with Gasteiger partial charge in [0, 0.05) is 0 Å². The SMILES string of the molecule is C=CCC1S/C(=N\N=C\c2ccc(OCCC)cc2)NC1=O. The number of benzene rings is 1. The highest BCUT2D eigenvalue weighted by atomic mass is 32.2. The van der Waals surface area contributed by atoms with Gasteiger partial charge in [0.15, 0.2) is 5.17 Å². The number of amides is 1. The zero-order chi connectivity index (χ0) is 15.8. The van der Waals surface area contributed by atoms with Gasteiger partial charge in [-0.05, 0) is 42.7 Å². The van der Waals surface area contributed by atoms with Crippen molar-refractivity contribution in [3.8, 4) is 5.75 Å². The molecule has 1 heterocycles. The van der Waals surface area contributed by atoms with E-state index in [9.17, 15) is 4.79 Å². The maximum Gasteiger partial charge on any atom is 0.239 e. The van der Waals surface area contributed by atoms with Crippen LogP contribution < -0.4 is 10.1 Å². The molecule has 1 fully saturated rings. The van der Waals surface area contributed by atoms with Crippen LogP contribution in [0.5, 0.6) is 5.75 Å². The van der Waals surface area contributed by atoms with Gasteiger partial charge in [0.05, 0.1) is 18.1 Å². The fourth-order valence-electron chi connectivity index (χ4n) is 1.78. The molecule has 2 rings (SSSR count). The van der Waals surface area contributed by atoms with Gasteiger partial charge in [-0.3, -0.25) is 4.79 Å². The molecule has 1 aromatic rings. The number of rotatable bonds is 7. The molecule has 0 radical (unpaired) electrons. The lowest BCUT2D eigenvalue weighted by molar-refractivity contribution is -0.118. The average Bonchev–Trinajstić information content (AvgIpc) is 2.87. The van der Waals surface area contributed by atoms with Crippen LogP contribution >= 0.6 is 11.8 Å². The van der Waals surface area contributed by atoms with Crippen molar-refractivity contribution >= 4 is 29.1 Å². The highest BCUT2D eigenvalue weighted by Crippen LogP contribution is 2.22. The second-order valence-corrected chi connectivity index (χ2v) is 5.88. The Kier molecular flexibility index (Phi) is 6.21. The first-order chi connectivity index (χ1) is 10.7. The van der Waals surface area contributed by atoms with Crippen LogP contribution in [-0.4, -0.2) is 29.1 Å². The predicted molar refractivity (Wildman–Crippen MR) is 91.6 cm³/mol. The van der Waals surface area contributed by atoms with E-state index >= 15 is 0 Å². The molecule has 1 saturated heterocycles. The van der Waals surface area contributed by atoms with Crippen LogP contribution in [-0.2, 0) is 4.79 Å². The van der Waals surface area contributed by atoms with E-state index in [2.05, 4.69) is 29.0 Å². The normalized spacial score (nSPS) is 19.6. The molecule has 0 aliphatic carbocycles. The van der Waals surface area contributed by atoms with E-state index in [4.69, 9.17) is 4.74 Å². The maximum absolute atomic E-state index is 11.6. The van der Waals surface area contributed by atoms with E-state index in [1.165, 1.54) is 11.8 Å². The van der Waals surface area contributed by atoms with Gasteiger partial charge >= 0.3 is 0 Å². The van der Waals surface area contributed by atoms with E-state index in [-0.39, 0.29) is 11.2 Å². The number of carbonyl (C=O) groups is 1. The summed E-state index contributed by atoms with van der Waals surface area (Å²) in [4.78, 5) is 11.6. The Morgan fingerprint density at radius 2 is 2.18 bits per heavy atom. The van der Waals surface area contributed by atoms with Crippen LogP contribution in [0, 0.1) is 0 Å². The minimum Gasteiger partial charge on any atom is -0.494 e. The maximum atomic E-state index is 11.6. The van der Waals surface area contributed by atoms with E-state index in [0.717, 1.165) is 17.7 Å². The van der Waals surface area contributed by atoms with E-state index in [1.54, 1.807) is 12.3 Å². The first-order valence-electron chi connectivity index (χ1n) is 7.15. The van der Waals surface area contributed by atoms with Gasteiger partial charge in [0.2, 0.25) is 5.91 Å². The van der Waals surface area contributed by atoms with Gasteiger partial charge in [-0.25, -0.2) is 0 Å². The average molecular weight is 317 g/mol. The van der Waals surface area contributed by atoms with Crippen LogP contribution in [0.2, 0.25) is 0 Å². The van der Waals surface area contributed by atoms with Crippen molar-refractivity contribution < 1.29 is 9.53 Å². The molecule has 1 amide bonds. The van der Waals surface area contributed by atoms with Crippen molar-refractivity contribution in [3.05, 3.63) is 42.5 Å². The number of hydrogen-bond acceptors (Lipinski definition) is 5. The summed E-state index contributed by atoms with van der Waals surface area (Å²) in [6.45, 7) is 6.42. The Bertz CT molecular complexity index is 582. The predicted octanol–water partition coefficient (Wildman–Crippen LogP) is 2.97. The molecule has 1 aliphatic rings. The largest absolute Gasteiger partial charge is 0.494 e.